The highest BCUT2D eigenvalue weighted by Gasteiger charge is 2.18. The third-order valence-electron chi connectivity index (χ3n) is 4.29. The minimum atomic E-state index is -0.271. The largest absolute Gasteiger partial charge is 0.473 e. The average molecular weight is 341 g/mol. The van der Waals surface area contributed by atoms with Crippen LogP contribution in [0.3, 0.4) is 0 Å². The summed E-state index contributed by atoms with van der Waals surface area (Å²) in [5.74, 6) is 0.406. The van der Waals surface area contributed by atoms with Crippen molar-refractivity contribution in [1.29, 1.82) is 0 Å². The summed E-state index contributed by atoms with van der Waals surface area (Å²) in [6, 6.07) is 7.27. The molecule has 0 saturated heterocycles. The summed E-state index contributed by atoms with van der Waals surface area (Å²) >= 11 is 0. The quantitative estimate of drug-likeness (QED) is 0.723. The highest BCUT2D eigenvalue weighted by Crippen LogP contribution is 2.28. The van der Waals surface area contributed by atoms with Crippen molar-refractivity contribution in [1.82, 2.24) is 15.4 Å². The Morgan fingerprint density at radius 2 is 1.88 bits per heavy atom. The summed E-state index contributed by atoms with van der Waals surface area (Å²) in [5.41, 5.74) is 13.3. The van der Waals surface area contributed by atoms with E-state index in [4.69, 9.17) is 10.5 Å². The zero-order valence-corrected chi connectivity index (χ0v) is 14.3. The van der Waals surface area contributed by atoms with E-state index in [1.807, 2.05) is 19.1 Å². The number of amides is 1. The molecule has 3 rings (SSSR count). The first-order valence-electron chi connectivity index (χ1n) is 8.53. The lowest BCUT2D eigenvalue weighted by Crippen LogP contribution is -2.30. The first-order chi connectivity index (χ1) is 12.1. The number of rotatable bonds is 5. The molecule has 4 N–H and O–H groups in total. The maximum Gasteiger partial charge on any atom is 0.269 e. The van der Waals surface area contributed by atoms with E-state index in [0.717, 1.165) is 31.2 Å². The van der Waals surface area contributed by atoms with Crippen molar-refractivity contribution < 1.29 is 9.53 Å². The average Bonchev–Trinajstić information content (AvgIpc) is 2.63. The van der Waals surface area contributed by atoms with E-state index in [0.29, 0.717) is 17.3 Å². The fourth-order valence-corrected chi connectivity index (χ4v) is 2.81. The fraction of sp³-hybridized carbons (Fsp3) is 0.389. The van der Waals surface area contributed by atoms with E-state index < -0.39 is 0 Å². The van der Waals surface area contributed by atoms with Crippen LogP contribution in [0.2, 0.25) is 0 Å². The van der Waals surface area contributed by atoms with Gasteiger partial charge in [0.25, 0.3) is 5.91 Å². The number of carbonyl (C=O) groups is 1. The van der Waals surface area contributed by atoms with Crippen LogP contribution in [0.25, 0.3) is 0 Å². The molecule has 1 heterocycles. The lowest BCUT2D eigenvalue weighted by molar-refractivity contribution is 0.0962. The molecule has 1 aromatic heterocycles. The van der Waals surface area contributed by atoms with E-state index in [1.54, 1.807) is 12.1 Å². The molecule has 1 fully saturated rings. The third kappa shape index (κ3) is 4.37. The number of aryl methyl sites for hydroxylation is 1. The van der Waals surface area contributed by atoms with Crippen LogP contribution in [0.5, 0.6) is 5.88 Å². The highest BCUT2D eigenvalue weighted by molar-refractivity contribution is 5.95. The normalized spacial score (nSPS) is 14.8. The molecular weight excluding hydrogens is 318 g/mol. The van der Waals surface area contributed by atoms with Gasteiger partial charge >= 0.3 is 0 Å². The molecule has 0 atom stereocenters. The number of hydrogen-bond acceptors (Lipinski definition) is 6. The molecule has 7 heteroatoms. The number of aromatic nitrogens is 2. The smallest absolute Gasteiger partial charge is 0.269 e. The predicted molar refractivity (Wildman–Crippen MR) is 96.2 cm³/mol. The number of carbonyl (C=O) groups excluding carboxylic acids is 1. The number of nitrogens with zero attached hydrogens (tertiary/aromatic N) is 2. The Balaban J connectivity index is 1.63. The number of nitrogens with one attached hydrogen (secondary N) is 2. The van der Waals surface area contributed by atoms with Gasteiger partial charge in [-0.3, -0.25) is 15.6 Å². The SMILES string of the molecule is Cc1ccc(C(=O)NNc2ncnc(OC3CCCCC3)c2N)cc1. The van der Waals surface area contributed by atoms with E-state index in [-0.39, 0.29) is 17.7 Å². The van der Waals surface area contributed by atoms with Crippen molar-refractivity contribution in [3.8, 4) is 5.88 Å². The van der Waals surface area contributed by atoms with Crippen LogP contribution in [-0.2, 0) is 0 Å². The topological polar surface area (TPSA) is 102 Å². The van der Waals surface area contributed by atoms with Crippen molar-refractivity contribution in [3.05, 3.63) is 41.7 Å². The van der Waals surface area contributed by atoms with Gasteiger partial charge in [0, 0.05) is 5.56 Å². The molecule has 0 bridgehead atoms. The summed E-state index contributed by atoms with van der Waals surface area (Å²) in [7, 11) is 0. The maximum absolute atomic E-state index is 12.2. The maximum atomic E-state index is 12.2. The first kappa shape index (κ1) is 17.0. The number of ether oxygens (including phenoxy) is 1. The number of hydrazine groups is 1. The van der Waals surface area contributed by atoms with Gasteiger partial charge in [-0.25, -0.2) is 4.98 Å². The molecule has 132 valence electrons. The monoisotopic (exact) mass is 341 g/mol. The standard InChI is InChI=1S/C18H23N5O2/c1-12-7-9-13(10-8-12)17(24)23-22-16-15(19)18(21-11-20-16)25-14-5-3-2-4-6-14/h7-11,14H,2-6,19H2,1H3,(H,23,24)(H,20,21,22). The molecule has 1 aromatic carbocycles. The van der Waals surface area contributed by atoms with Gasteiger partial charge in [-0.15, -0.1) is 0 Å². The lowest BCUT2D eigenvalue weighted by Gasteiger charge is -2.23. The van der Waals surface area contributed by atoms with Gasteiger partial charge < -0.3 is 10.5 Å². The second kappa shape index (κ2) is 7.83. The van der Waals surface area contributed by atoms with Gasteiger partial charge in [0.05, 0.1) is 0 Å². The van der Waals surface area contributed by atoms with Crippen molar-refractivity contribution >= 4 is 17.4 Å². The Bertz CT molecular complexity index is 727. The van der Waals surface area contributed by atoms with Crippen LogP contribution in [0, 0.1) is 6.92 Å². The van der Waals surface area contributed by atoms with Crippen LogP contribution in [0.1, 0.15) is 48.0 Å². The molecule has 1 aliphatic carbocycles. The van der Waals surface area contributed by atoms with E-state index in [1.165, 1.54) is 12.7 Å². The van der Waals surface area contributed by atoms with Gasteiger partial charge in [0.15, 0.2) is 5.82 Å². The van der Waals surface area contributed by atoms with Crippen LogP contribution in [0.4, 0.5) is 11.5 Å². The van der Waals surface area contributed by atoms with Crippen molar-refractivity contribution in [2.75, 3.05) is 11.2 Å². The lowest BCUT2D eigenvalue weighted by atomic mass is 9.98. The number of nitrogen functional groups attached to an aromatic ring is 1. The first-order valence-corrected chi connectivity index (χ1v) is 8.53. The summed E-state index contributed by atoms with van der Waals surface area (Å²) in [4.78, 5) is 20.3. The van der Waals surface area contributed by atoms with Crippen molar-refractivity contribution in [2.24, 2.45) is 0 Å². The molecule has 1 saturated carbocycles. The van der Waals surface area contributed by atoms with E-state index in [9.17, 15) is 4.79 Å². The molecular formula is C18H23N5O2. The molecule has 1 amide bonds. The van der Waals surface area contributed by atoms with Gasteiger partial charge in [-0.2, -0.15) is 4.98 Å². The Hall–Kier alpha value is -2.83. The summed E-state index contributed by atoms with van der Waals surface area (Å²) in [6.45, 7) is 1.97. The van der Waals surface area contributed by atoms with Crippen molar-refractivity contribution in [3.63, 3.8) is 0 Å². The van der Waals surface area contributed by atoms with E-state index in [2.05, 4.69) is 20.8 Å². The Kier molecular flexibility index (Phi) is 5.33. The van der Waals surface area contributed by atoms with Gasteiger partial charge in [0.1, 0.15) is 18.1 Å². The molecule has 1 aliphatic rings. The summed E-state index contributed by atoms with van der Waals surface area (Å²) < 4.78 is 5.90. The fourth-order valence-electron chi connectivity index (χ4n) is 2.81. The highest BCUT2D eigenvalue weighted by atomic mass is 16.5. The van der Waals surface area contributed by atoms with Crippen molar-refractivity contribution in [2.45, 2.75) is 45.1 Å². The summed E-state index contributed by atoms with van der Waals surface area (Å²) in [5, 5.41) is 0. The molecule has 0 radical (unpaired) electrons. The van der Waals surface area contributed by atoms with Crippen LogP contribution >= 0.6 is 0 Å². The number of hydrogen-bond donors (Lipinski definition) is 3. The molecule has 0 spiro atoms. The Labute approximate surface area is 147 Å². The second-order valence-corrected chi connectivity index (χ2v) is 6.26. The van der Waals surface area contributed by atoms with Gasteiger partial charge in [0.2, 0.25) is 5.88 Å². The second-order valence-electron chi connectivity index (χ2n) is 6.26. The minimum Gasteiger partial charge on any atom is -0.473 e. The third-order valence-corrected chi connectivity index (χ3v) is 4.29. The molecule has 25 heavy (non-hydrogen) atoms. The molecule has 2 aromatic rings. The van der Waals surface area contributed by atoms with Crippen LogP contribution < -0.4 is 21.3 Å². The molecule has 0 aliphatic heterocycles. The van der Waals surface area contributed by atoms with Crippen LogP contribution in [0.15, 0.2) is 30.6 Å². The number of nitrogens with two attached hydrogens (primary N) is 1. The Morgan fingerprint density at radius 1 is 1.16 bits per heavy atom. The van der Waals surface area contributed by atoms with Gasteiger partial charge in [-0.1, -0.05) is 24.1 Å². The zero-order valence-electron chi connectivity index (χ0n) is 14.3. The summed E-state index contributed by atoms with van der Waals surface area (Å²) in [6.07, 6.45) is 7.10. The van der Waals surface area contributed by atoms with Crippen LogP contribution in [-0.4, -0.2) is 22.0 Å². The number of benzene rings is 1. The predicted octanol–water partition coefficient (Wildman–Crippen LogP) is 2.84. The Morgan fingerprint density at radius 3 is 2.60 bits per heavy atom. The minimum absolute atomic E-state index is 0.140. The zero-order chi connectivity index (χ0) is 17.6. The van der Waals surface area contributed by atoms with E-state index >= 15 is 0 Å². The number of anilines is 2. The van der Waals surface area contributed by atoms with Gasteiger partial charge in [-0.05, 0) is 44.7 Å². The molecule has 0 unspecified atom stereocenters. The molecule has 7 nitrogen and oxygen atoms in total.